The normalized spacial score (nSPS) is 17.4. The van der Waals surface area contributed by atoms with Crippen LogP contribution in [-0.4, -0.2) is 35.1 Å². The maximum atomic E-state index is 4.31. The Bertz CT molecular complexity index is 426. The first-order valence-corrected chi connectivity index (χ1v) is 8.71. The molecule has 1 atom stereocenters. The summed E-state index contributed by atoms with van der Waals surface area (Å²) >= 11 is 0. The zero-order valence-electron chi connectivity index (χ0n) is 14.5. The molecule has 2 rings (SSSR count). The van der Waals surface area contributed by atoms with Crippen LogP contribution >= 0.6 is 24.0 Å². The van der Waals surface area contributed by atoms with Crippen LogP contribution < -0.4 is 10.6 Å². The molecule has 0 saturated heterocycles. The van der Waals surface area contributed by atoms with Gasteiger partial charge in [-0.25, -0.2) is 4.98 Å². The van der Waals surface area contributed by atoms with Crippen LogP contribution in [0.4, 0.5) is 0 Å². The summed E-state index contributed by atoms with van der Waals surface area (Å²) in [5.74, 6) is 1.85. The van der Waals surface area contributed by atoms with Gasteiger partial charge in [-0.15, -0.1) is 24.0 Å². The summed E-state index contributed by atoms with van der Waals surface area (Å²) < 4.78 is 2.06. The molecule has 2 N–H and O–H groups in total. The van der Waals surface area contributed by atoms with E-state index in [2.05, 4.69) is 32.1 Å². The summed E-state index contributed by atoms with van der Waals surface area (Å²) in [6.07, 6.45) is 15.4. The SMILES string of the molecule is CN=C(NCCn1ccnc1)NC(C)CCC1CCCCC1.I. The molecule has 0 spiro atoms. The lowest BCUT2D eigenvalue weighted by molar-refractivity contribution is 0.322. The number of imidazole rings is 1. The number of halogens is 1. The summed E-state index contributed by atoms with van der Waals surface area (Å²) in [5.41, 5.74) is 0. The van der Waals surface area contributed by atoms with E-state index in [0.717, 1.165) is 25.0 Å². The molecule has 1 saturated carbocycles. The Morgan fingerprint density at radius 2 is 2.13 bits per heavy atom. The molecule has 1 aliphatic carbocycles. The maximum absolute atomic E-state index is 4.31. The van der Waals surface area contributed by atoms with Gasteiger partial charge in [0.05, 0.1) is 6.33 Å². The molecule has 1 unspecified atom stereocenters. The highest BCUT2D eigenvalue weighted by atomic mass is 127. The molecule has 5 nitrogen and oxygen atoms in total. The van der Waals surface area contributed by atoms with Crippen molar-refractivity contribution in [2.24, 2.45) is 10.9 Å². The topological polar surface area (TPSA) is 54.2 Å². The van der Waals surface area contributed by atoms with Crippen LogP contribution in [0.5, 0.6) is 0 Å². The standard InChI is InChI=1S/C17H31N5.HI/c1-15(8-9-16-6-4-3-5-7-16)21-17(18-2)20-11-13-22-12-10-19-14-22;/h10,12,14-16H,3-9,11,13H2,1-2H3,(H2,18,20,21);1H. The second-order valence-corrected chi connectivity index (χ2v) is 6.43. The van der Waals surface area contributed by atoms with Crippen molar-refractivity contribution in [2.45, 2.75) is 64.5 Å². The number of rotatable bonds is 7. The van der Waals surface area contributed by atoms with Gasteiger partial charge in [0, 0.05) is 38.6 Å². The molecule has 1 aromatic heterocycles. The van der Waals surface area contributed by atoms with Gasteiger partial charge in [0.1, 0.15) is 0 Å². The first-order chi connectivity index (χ1) is 10.8. The van der Waals surface area contributed by atoms with Gasteiger partial charge in [-0.1, -0.05) is 32.1 Å². The van der Waals surface area contributed by atoms with Crippen LogP contribution in [0.25, 0.3) is 0 Å². The van der Waals surface area contributed by atoms with Gasteiger partial charge in [0.15, 0.2) is 5.96 Å². The van der Waals surface area contributed by atoms with Crippen LogP contribution in [0, 0.1) is 5.92 Å². The Balaban J connectivity index is 0.00000264. The van der Waals surface area contributed by atoms with Crippen molar-refractivity contribution in [3.63, 3.8) is 0 Å². The molecule has 0 aromatic carbocycles. The van der Waals surface area contributed by atoms with Gasteiger partial charge in [-0.05, 0) is 25.7 Å². The number of nitrogens with one attached hydrogen (secondary N) is 2. The van der Waals surface area contributed by atoms with Crippen LogP contribution in [0.2, 0.25) is 0 Å². The third-order valence-corrected chi connectivity index (χ3v) is 4.56. The first kappa shape index (κ1) is 20.3. The van der Waals surface area contributed by atoms with E-state index in [1.807, 2.05) is 19.6 Å². The van der Waals surface area contributed by atoms with Crippen molar-refractivity contribution in [3.8, 4) is 0 Å². The van der Waals surface area contributed by atoms with E-state index in [1.54, 1.807) is 6.20 Å². The van der Waals surface area contributed by atoms with E-state index in [9.17, 15) is 0 Å². The van der Waals surface area contributed by atoms with Crippen molar-refractivity contribution < 1.29 is 0 Å². The van der Waals surface area contributed by atoms with Crippen molar-refractivity contribution in [1.29, 1.82) is 0 Å². The highest BCUT2D eigenvalue weighted by Gasteiger charge is 2.14. The molecule has 0 radical (unpaired) electrons. The number of hydrogen-bond acceptors (Lipinski definition) is 2. The minimum atomic E-state index is 0. The van der Waals surface area contributed by atoms with Crippen LogP contribution in [-0.2, 0) is 6.54 Å². The van der Waals surface area contributed by atoms with E-state index in [4.69, 9.17) is 0 Å². The maximum Gasteiger partial charge on any atom is 0.191 e. The molecule has 0 amide bonds. The summed E-state index contributed by atoms with van der Waals surface area (Å²) in [5, 5.41) is 6.87. The molecule has 23 heavy (non-hydrogen) atoms. The molecule has 6 heteroatoms. The minimum absolute atomic E-state index is 0. The number of hydrogen-bond donors (Lipinski definition) is 2. The van der Waals surface area contributed by atoms with Crippen molar-refractivity contribution >= 4 is 29.9 Å². The van der Waals surface area contributed by atoms with Gasteiger partial charge in [0.2, 0.25) is 0 Å². The third-order valence-electron chi connectivity index (χ3n) is 4.56. The van der Waals surface area contributed by atoms with Crippen LogP contribution in [0.1, 0.15) is 51.9 Å². The highest BCUT2D eigenvalue weighted by Crippen LogP contribution is 2.27. The quantitative estimate of drug-likeness (QED) is 0.394. The summed E-state index contributed by atoms with van der Waals surface area (Å²) in [6, 6.07) is 0.473. The van der Waals surface area contributed by atoms with E-state index in [1.165, 1.54) is 44.9 Å². The van der Waals surface area contributed by atoms with E-state index in [-0.39, 0.29) is 24.0 Å². The van der Waals surface area contributed by atoms with Gasteiger partial charge < -0.3 is 15.2 Å². The summed E-state index contributed by atoms with van der Waals surface area (Å²) in [7, 11) is 1.83. The molecule has 1 aromatic rings. The van der Waals surface area contributed by atoms with Crippen molar-refractivity contribution in [3.05, 3.63) is 18.7 Å². The van der Waals surface area contributed by atoms with E-state index >= 15 is 0 Å². The van der Waals surface area contributed by atoms with E-state index < -0.39 is 0 Å². The number of aliphatic imine (C=N–C) groups is 1. The minimum Gasteiger partial charge on any atom is -0.355 e. The lowest BCUT2D eigenvalue weighted by atomic mass is 9.85. The smallest absolute Gasteiger partial charge is 0.191 e. The van der Waals surface area contributed by atoms with Crippen LogP contribution in [0.3, 0.4) is 0 Å². The lowest BCUT2D eigenvalue weighted by Gasteiger charge is -2.24. The van der Waals surface area contributed by atoms with Crippen molar-refractivity contribution in [1.82, 2.24) is 20.2 Å². The monoisotopic (exact) mass is 433 g/mol. The van der Waals surface area contributed by atoms with Gasteiger partial charge in [-0.3, -0.25) is 4.99 Å². The predicted molar refractivity (Wildman–Crippen MR) is 107 cm³/mol. The van der Waals surface area contributed by atoms with Crippen molar-refractivity contribution in [2.75, 3.05) is 13.6 Å². The van der Waals surface area contributed by atoms with Gasteiger partial charge in [0.25, 0.3) is 0 Å². The Hall–Kier alpha value is -0.790. The molecule has 132 valence electrons. The third kappa shape index (κ3) is 8.04. The lowest BCUT2D eigenvalue weighted by Crippen LogP contribution is -2.43. The molecule has 1 aliphatic rings. The van der Waals surface area contributed by atoms with E-state index in [0.29, 0.717) is 6.04 Å². The molecule has 1 heterocycles. The molecular formula is C17H32IN5. The molecule has 0 bridgehead atoms. The summed E-state index contributed by atoms with van der Waals surface area (Å²) in [6.45, 7) is 4.01. The predicted octanol–water partition coefficient (Wildman–Crippen LogP) is 3.42. The Labute approximate surface area is 157 Å². The second kappa shape index (κ2) is 11.7. The van der Waals surface area contributed by atoms with Crippen LogP contribution in [0.15, 0.2) is 23.7 Å². The molecular weight excluding hydrogens is 401 g/mol. The summed E-state index contributed by atoms with van der Waals surface area (Å²) in [4.78, 5) is 8.36. The number of guanidine groups is 1. The van der Waals surface area contributed by atoms with Gasteiger partial charge in [-0.2, -0.15) is 0 Å². The number of aromatic nitrogens is 2. The largest absolute Gasteiger partial charge is 0.355 e. The Morgan fingerprint density at radius 3 is 2.78 bits per heavy atom. The number of nitrogens with zero attached hydrogens (tertiary/aromatic N) is 3. The molecule has 0 aliphatic heterocycles. The fourth-order valence-electron chi connectivity index (χ4n) is 3.18. The average Bonchev–Trinajstić information content (AvgIpc) is 3.06. The Morgan fingerprint density at radius 1 is 1.35 bits per heavy atom. The Kier molecular flexibility index (Phi) is 10.3. The zero-order chi connectivity index (χ0) is 15.6. The molecule has 1 fully saturated rings. The zero-order valence-corrected chi connectivity index (χ0v) is 16.8. The first-order valence-electron chi connectivity index (χ1n) is 8.71. The fraction of sp³-hybridized carbons (Fsp3) is 0.765. The second-order valence-electron chi connectivity index (χ2n) is 6.43. The average molecular weight is 433 g/mol. The van der Waals surface area contributed by atoms with Gasteiger partial charge >= 0.3 is 0 Å². The highest BCUT2D eigenvalue weighted by molar-refractivity contribution is 14.0. The fourth-order valence-corrected chi connectivity index (χ4v) is 3.18.